The van der Waals surface area contributed by atoms with Crippen LogP contribution >= 0.6 is 0 Å². The molecule has 0 bridgehead atoms. The van der Waals surface area contributed by atoms with Crippen LogP contribution in [0.2, 0.25) is 0 Å². The zero-order valence-electron chi connectivity index (χ0n) is 18.0. The van der Waals surface area contributed by atoms with Gasteiger partial charge in [0.05, 0.1) is 27.9 Å². The summed E-state index contributed by atoms with van der Waals surface area (Å²) in [5, 5.41) is 0. The Morgan fingerprint density at radius 3 is 2.26 bits per heavy atom. The topological polar surface area (TPSA) is 97.3 Å². The van der Waals surface area contributed by atoms with Crippen molar-refractivity contribution in [3.8, 4) is 17.2 Å². The maximum Gasteiger partial charge on any atom is 0.203 e. The number of hydrogen-bond donors (Lipinski definition) is 1. The summed E-state index contributed by atoms with van der Waals surface area (Å²) in [6, 6.07) is 14.0. The summed E-state index contributed by atoms with van der Waals surface area (Å²) < 4.78 is 18.6. The van der Waals surface area contributed by atoms with Crippen LogP contribution in [0.4, 0.5) is 5.82 Å². The highest BCUT2D eigenvalue weighted by Crippen LogP contribution is 2.41. The van der Waals surface area contributed by atoms with Gasteiger partial charge in [-0.15, -0.1) is 0 Å². The van der Waals surface area contributed by atoms with Crippen LogP contribution in [0, 0.1) is 0 Å². The molecule has 31 heavy (non-hydrogen) atoms. The fourth-order valence-electron chi connectivity index (χ4n) is 3.72. The molecule has 2 aromatic carbocycles. The predicted molar refractivity (Wildman–Crippen MR) is 119 cm³/mol. The number of methoxy groups -OCH3 is 3. The number of imidazole rings is 1. The lowest BCUT2D eigenvalue weighted by atomic mass is 9.99. The maximum absolute atomic E-state index is 6.12. The summed E-state index contributed by atoms with van der Waals surface area (Å²) >= 11 is 0. The smallest absolute Gasteiger partial charge is 0.203 e. The number of rotatable bonds is 7. The van der Waals surface area contributed by atoms with Crippen molar-refractivity contribution in [1.29, 1.82) is 0 Å². The van der Waals surface area contributed by atoms with Gasteiger partial charge >= 0.3 is 0 Å². The first-order chi connectivity index (χ1) is 15.1. The van der Waals surface area contributed by atoms with Crippen molar-refractivity contribution in [3.63, 3.8) is 0 Å². The normalized spacial score (nSPS) is 12.0. The number of anilines is 1. The second-order valence-corrected chi connectivity index (χ2v) is 7.15. The van der Waals surface area contributed by atoms with Gasteiger partial charge < -0.3 is 24.5 Å². The summed E-state index contributed by atoms with van der Waals surface area (Å²) in [5.41, 5.74) is 9.51. The Kier molecular flexibility index (Phi) is 5.62. The second-order valence-electron chi connectivity index (χ2n) is 7.15. The molecule has 0 amide bonds. The first-order valence-corrected chi connectivity index (χ1v) is 9.87. The van der Waals surface area contributed by atoms with Gasteiger partial charge in [-0.1, -0.05) is 37.3 Å². The molecule has 0 saturated heterocycles. The van der Waals surface area contributed by atoms with Crippen molar-refractivity contribution in [1.82, 2.24) is 19.5 Å². The van der Waals surface area contributed by atoms with Gasteiger partial charge in [-0.25, -0.2) is 15.0 Å². The average Bonchev–Trinajstić information content (AvgIpc) is 3.17. The Balaban J connectivity index is 1.87. The van der Waals surface area contributed by atoms with Gasteiger partial charge in [0.25, 0.3) is 0 Å². The third-order valence-corrected chi connectivity index (χ3v) is 5.35. The number of nitrogens with two attached hydrogens (primary N) is 1. The monoisotopic (exact) mass is 419 g/mol. The molecular weight excluding hydrogens is 394 g/mol. The molecule has 2 N–H and O–H groups in total. The molecular formula is C23H25N5O3. The molecule has 4 rings (SSSR count). The molecule has 4 aromatic rings. The van der Waals surface area contributed by atoms with Gasteiger partial charge in [0.1, 0.15) is 12.2 Å². The number of aromatic nitrogens is 4. The van der Waals surface area contributed by atoms with E-state index < -0.39 is 0 Å². The maximum atomic E-state index is 6.12. The third kappa shape index (κ3) is 3.72. The van der Waals surface area contributed by atoms with Crippen molar-refractivity contribution >= 4 is 17.0 Å². The van der Waals surface area contributed by atoms with E-state index in [2.05, 4.69) is 33.6 Å². The van der Waals surface area contributed by atoms with Crippen molar-refractivity contribution in [3.05, 3.63) is 65.7 Å². The lowest BCUT2D eigenvalue weighted by Crippen LogP contribution is -2.10. The van der Waals surface area contributed by atoms with Crippen LogP contribution in [-0.2, 0) is 6.54 Å². The molecule has 8 heteroatoms. The van der Waals surface area contributed by atoms with Crippen LogP contribution in [0.15, 0.2) is 48.8 Å². The molecule has 8 nitrogen and oxygen atoms in total. The Morgan fingerprint density at radius 2 is 1.65 bits per heavy atom. The zero-order chi connectivity index (χ0) is 22.0. The Morgan fingerprint density at radius 1 is 0.968 bits per heavy atom. The second kappa shape index (κ2) is 8.51. The first kappa shape index (κ1) is 20.5. The first-order valence-electron chi connectivity index (χ1n) is 9.87. The molecule has 0 spiro atoms. The molecule has 1 unspecified atom stereocenters. The summed E-state index contributed by atoms with van der Waals surface area (Å²) in [7, 11) is 4.80. The quantitative estimate of drug-likeness (QED) is 0.488. The highest BCUT2D eigenvalue weighted by Gasteiger charge is 2.23. The molecule has 0 aliphatic rings. The van der Waals surface area contributed by atoms with Crippen LogP contribution in [-0.4, -0.2) is 40.8 Å². The molecule has 0 fully saturated rings. The fourth-order valence-corrected chi connectivity index (χ4v) is 3.72. The van der Waals surface area contributed by atoms with E-state index in [1.165, 1.54) is 6.33 Å². The van der Waals surface area contributed by atoms with E-state index >= 15 is 0 Å². The summed E-state index contributed by atoms with van der Waals surface area (Å²) in [6.45, 7) is 2.69. The number of nitrogen functional groups attached to an aromatic ring is 1. The highest BCUT2D eigenvalue weighted by atomic mass is 16.5. The minimum absolute atomic E-state index is 0.106. The van der Waals surface area contributed by atoms with Gasteiger partial charge in [0, 0.05) is 5.92 Å². The lowest BCUT2D eigenvalue weighted by molar-refractivity contribution is 0.323. The summed E-state index contributed by atoms with van der Waals surface area (Å²) in [4.78, 5) is 13.4. The van der Waals surface area contributed by atoms with E-state index in [1.807, 2.05) is 30.3 Å². The van der Waals surface area contributed by atoms with Gasteiger partial charge in [0.15, 0.2) is 28.5 Å². The van der Waals surface area contributed by atoms with Crippen LogP contribution < -0.4 is 19.9 Å². The molecule has 0 saturated carbocycles. The van der Waals surface area contributed by atoms with Gasteiger partial charge in [0.2, 0.25) is 5.75 Å². The zero-order valence-corrected chi connectivity index (χ0v) is 18.0. The minimum atomic E-state index is -0.106. The summed E-state index contributed by atoms with van der Waals surface area (Å²) in [6.07, 6.45) is 1.47. The number of nitrogens with zero attached hydrogens (tertiary/aromatic N) is 4. The van der Waals surface area contributed by atoms with E-state index in [1.54, 1.807) is 21.3 Å². The van der Waals surface area contributed by atoms with Crippen LogP contribution in [0.5, 0.6) is 17.2 Å². The van der Waals surface area contributed by atoms with Crippen molar-refractivity contribution in [2.75, 3.05) is 27.1 Å². The Labute approximate surface area is 180 Å². The van der Waals surface area contributed by atoms with E-state index in [0.29, 0.717) is 40.8 Å². The molecule has 0 aliphatic heterocycles. The van der Waals surface area contributed by atoms with Gasteiger partial charge in [-0.3, -0.25) is 0 Å². The van der Waals surface area contributed by atoms with E-state index in [9.17, 15) is 0 Å². The minimum Gasteiger partial charge on any atom is -0.493 e. The number of ether oxygens (including phenoxy) is 3. The van der Waals surface area contributed by atoms with Crippen molar-refractivity contribution < 1.29 is 14.2 Å². The average molecular weight is 419 g/mol. The molecule has 1 atom stereocenters. The SMILES string of the molecule is COc1cc(C(C)c2nc3c(N)ncnc3n2Cc2ccccc2)cc(OC)c1OC. The Hall–Kier alpha value is -3.81. The third-order valence-electron chi connectivity index (χ3n) is 5.35. The molecule has 0 aliphatic carbocycles. The molecule has 2 heterocycles. The van der Waals surface area contributed by atoms with E-state index in [4.69, 9.17) is 24.9 Å². The van der Waals surface area contributed by atoms with Crippen molar-refractivity contribution in [2.45, 2.75) is 19.4 Å². The van der Waals surface area contributed by atoms with Crippen LogP contribution in [0.1, 0.15) is 29.8 Å². The Bertz CT molecular complexity index is 1180. The molecule has 2 aromatic heterocycles. The lowest BCUT2D eigenvalue weighted by Gasteiger charge is -2.18. The van der Waals surface area contributed by atoms with Gasteiger partial charge in [-0.05, 0) is 23.3 Å². The van der Waals surface area contributed by atoms with E-state index in [0.717, 1.165) is 17.0 Å². The number of fused-ring (bicyclic) bond motifs is 1. The van der Waals surface area contributed by atoms with Crippen LogP contribution in [0.25, 0.3) is 11.2 Å². The largest absolute Gasteiger partial charge is 0.493 e. The number of benzene rings is 2. The number of hydrogen-bond acceptors (Lipinski definition) is 7. The standard InChI is InChI=1S/C23H25N5O3/c1-14(16-10-17(29-2)20(31-4)18(11-16)30-3)22-27-19-21(24)25-13-26-23(19)28(22)12-15-8-6-5-7-9-15/h5-11,13-14H,12H2,1-4H3,(H2,24,25,26). The van der Waals surface area contributed by atoms with Crippen LogP contribution in [0.3, 0.4) is 0 Å². The highest BCUT2D eigenvalue weighted by molar-refractivity contribution is 5.82. The van der Waals surface area contributed by atoms with E-state index in [-0.39, 0.29) is 5.92 Å². The van der Waals surface area contributed by atoms with Gasteiger partial charge in [-0.2, -0.15) is 0 Å². The summed E-state index contributed by atoms with van der Waals surface area (Å²) in [5.74, 6) is 2.80. The molecule has 160 valence electrons. The predicted octanol–water partition coefficient (Wildman–Crippen LogP) is 3.63. The molecule has 0 radical (unpaired) electrons. The van der Waals surface area contributed by atoms with Crippen molar-refractivity contribution in [2.24, 2.45) is 0 Å². The fraction of sp³-hybridized carbons (Fsp3) is 0.261.